The summed E-state index contributed by atoms with van der Waals surface area (Å²) in [6.07, 6.45) is 0. The average molecular weight is 1250 g/mol. The Kier molecular flexibility index (Phi) is 11.5. The monoisotopic (exact) mass is 1250 g/mol. The Morgan fingerprint density at radius 3 is 0.907 bits per heavy atom. The van der Waals surface area contributed by atoms with Gasteiger partial charge in [-0.15, -0.1) is 11.3 Å². The van der Waals surface area contributed by atoms with E-state index in [1.165, 1.54) is 89.0 Å². The maximum absolute atomic E-state index is 7.08. The number of nitrogens with zero attached hydrogens (tertiary/aromatic N) is 2. The summed E-state index contributed by atoms with van der Waals surface area (Å²) in [6.45, 7) is 0. The number of para-hydroxylation sites is 2. The van der Waals surface area contributed by atoms with Crippen LogP contribution in [0, 0.1) is 0 Å². The first kappa shape index (κ1) is 54.1. The smallest absolute Gasteiger partial charge is 0.135 e. The zero-order valence-electron chi connectivity index (χ0n) is 52.3. The topological polar surface area (TPSA) is 44.2 Å². The Morgan fingerprint density at radius 1 is 0.227 bits per heavy atom. The van der Waals surface area contributed by atoms with E-state index in [1.54, 1.807) is 0 Å². The van der Waals surface area contributed by atoms with E-state index >= 15 is 0 Å². The highest BCUT2D eigenvalue weighted by Gasteiger charge is 2.54. The lowest BCUT2D eigenvalue weighted by atomic mass is 9.70. The number of ether oxygens (including phenoxy) is 2. The van der Waals surface area contributed by atoms with Gasteiger partial charge in [0.1, 0.15) is 34.0 Å². The molecule has 0 radical (unpaired) electrons. The Hall–Kier alpha value is -12.3. The number of benzene rings is 15. The molecule has 21 rings (SSSR count). The molecule has 17 aromatic rings. The van der Waals surface area contributed by atoms with Crippen LogP contribution in [0.1, 0.15) is 44.5 Å². The molecule has 2 heterocycles. The molecule has 0 saturated carbocycles. The SMILES string of the molecule is c1ccc(-c2ccccc2Oc2ccc3c4ccc(Oc5ccccc5-c5ccccc5)cc4c4nc5c(-c6cccc7c6-c6ccccc6C76c7ccccc7-c7ccccc76)sc(-c6cccc7c6-c6ccccc6C76c7ccccc7-c7ccccc76)c5nc4c3c2)cc1. The number of aromatic nitrogens is 2. The van der Waals surface area contributed by atoms with Crippen molar-refractivity contribution in [2.24, 2.45) is 0 Å². The molecule has 4 aliphatic rings. The van der Waals surface area contributed by atoms with E-state index in [1.807, 2.05) is 35.6 Å². The van der Waals surface area contributed by atoms with Gasteiger partial charge in [-0.1, -0.05) is 279 Å². The number of thiophene rings is 1. The minimum atomic E-state index is -0.554. The summed E-state index contributed by atoms with van der Waals surface area (Å²) in [4.78, 5) is 14.6. The van der Waals surface area contributed by atoms with Gasteiger partial charge in [0.25, 0.3) is 0 Å². The Morgan fingerprint density at radius 2 is 0.526 bits per heavy atom. The van der Waals surface area contributed by atoms with Gasteiger partial charge in [-0.25, -0.2) is 9.97 Å². The van der Waals surface area contributed by atoms with Crippen LogP contribution >= 0.6 is 11.3 Å². The lowest BCUT2D eigenvalue weighted by Crippen LogP contribution is -2.25. The van der Waals surface area contributed by atoms with E-state index in [4.69, 9.17) is 19.4 Å². The first-order chi connectivity index (χ1) is 48.1. The van der Waals surface area contributed by atoms with Crippen molar-refractivity contribution in [1.29, 1.82) is 0 Å². The number of fused-ring (bicyclic) bond motifs is 27. The molecule has 0 fully saturated rings. The second-order valence-corrected chi connectivity index (χ2v) is 27.0. The molecule has 0 amide bonds. The van der Waals surface area contributed by atoms with E-state index in [0.717, 1.165) is 98.2 Å². The highest BCUT2D eigenvalue weighted by molar-refractivity contribution is 7.21. The van der Waals surface area contributed by atoms with E-state index in [-0.39, 0.29) is 0 Å². The summed E-state index contributed by atoms with van der Waals surface area (Å²) in [5.41, 5.74) is 28.9. The van der Waals surface area contributed by atoms with Gasteiger partial charge in [0.05, 0.1) is 31.6 Å². The summed E-state index contributed by atoms with van der Waals surface area (Å²) in [7, 11) is 0. The molecular weight excluding hydrogens is 1200 g/mol. The lowest BCUT2D eigenvalue weighted by Gasteiger charge is -2.30. The van der Waals surface area contributed by atoms with Crippen LogP contribution in [0.15, 0.2) is 328 Å². The molecule has 4 aliphatic carbocycles. The fourth-order valence-corrected chi connectivity index (χ4v) is 18.7. The Bertz CT molecular complexity index is 5760. The fraction of sp³-hybridized carbons (Fsp3) is 0.0217. The molecule has 0 aliphatic heterocycles. The minimum absolute atomic E-state index is 0.554. The largest absolute Gasteiger partial charge is 0.457 e. The molecule has 5 heteroatoms. The second-order valence-electron chi connectivity index (χ2n) is 26.0. The quantitative estimate of drug-likeness (QED) is 0.142. The van der Waals surface area contributed by atoms with Crippen LogP contribution < -0.4 is 9.47 Å². The first-order valence-corrected chi connectivity index (χ1v) is 34.1. The third kappa shape index (κ3) is 7.46. The summed E-state index contributed by atoms with van der Waals surface area (Å²) < 4.78 is 14.2. The predicted molar refractivity (Wildman–Crippen MR) is 397 cm³/mol. The van der Waals surface area contributed by atoms with Crippen molar-refractivity contribution >= 4 is 54.9 Å². The van der Waals surface area contributed by atoms with Crippen LogP contribution in [0.4, 0.5) is 0 Å². The summed E-state index contributed by atoms with van der Waals surface area (Å²) in [5.74, 6) is 2.93. The third-order valence-corrected chi connectivity index (χ3v) is 22.5. The molecule has 97 heavy (non-hydrogen) atoms. The van der Waals surface area contributed by atoms with Gasteiger partial charge in [0, 0.05) is 33.0 Å². The molecule has 2 aromatic heterocycles. The molecule has 0 atom stereocenters. The molecule has 4 nitrogen and oxygen atoms in total. The van der Waals surface area contributed by atoms with E-state index in [2.05, 4.69) is 303 Å². The summed E-state index contributed by atoms with van der Waals surface area (Å²) >= 11 is 1.82. The standard InChI is InChI=1S/C92H54N2O2S/c1-3-25-55(26-4-1)59-29-13-21-47-81(59)95-57-49-51-61-62-52-50-58(96-82-48-22-14-30-60(82)56-27-5-2-6-28-56)54-72(62)86-85(71(61)53-57)93-87-88(94-86)90(70-38-24-46-80-84(70)68-36-12-20-44-78(68)92(80)75-41-17-9-33-65(75)66-34-10-18-42-76(66)92)97-89(87)69-37-23-45-79-83(69)67-35-11-19-43-77(67)91(79)73-39-15-7-31-63(73)64-32-8-16-40-74(64)91/h1-54H. The maximum atomic E-state index is 7.08. The van der Waals surface area contributed by atoms with Crippen LogP contribution in [-0.4, -0.2) is 9.97 Å². The van der Waals surface area contributed by atoms with Crippen molar-refractivity contribution in [3.05, 3.63) is 372 Å². The van der Waals surface area contributed by atoms with Gasteiger partial charge in [-0.3, -0.25) is 0 Å². The van der Waals surface area contributed by atoms with Gasteiger partial charge in [-0.2, -0.15) is 0 Å². The highest BCUT2D eigenvalue weighted by atomic mass is 32.1. The second kappa shape index (κ2) is 20.6. The zero-order chi connectivity index (χ0) is 63.5. The van der Waals surface area contributed by atoms with Gasteiger partial charge in [0.2, 0.25) is 0 Å². The average Bonchev–Trinajstić information content (AvgIpc) is 1.51. The van der Waals surface area contributed by atoms with Crippen LogP contribution in [0.2, 0.25) is 0 Å². The maximum Gasteiger partial charge on any atom is 0.135 e. The van der Waals surface area contributed by atoms with Crippen molar-refractivity contribution in [3.63, 3.8) is 0 Å². The van der Waals surface area contributed by atoms with Gasteiger partial charge in [-0.05, 0) is 159 Å². The molecule has 2 spiro atoms. The first-order valence-electron chi connectivity index (χ1n) is 33.3. The summed E-state index contributed by atoms with van der Waals surface area (Å²) in [6, 6.07) is 119. The number of hydrogen-bond donors (Lipinski definition) is 0. The minimum Gasteiger partial charge on any atom is -0.457 e. The normalized spacial score (nSPS) is 13.5. The van der Waals surface area contributed by atoms with Gasteiger partial charge < -0.3 is 9.47 Å². The molecule has 0 unspecified atom stereocenters. The fourth-order valence-electron chi connectivity index (χ4n) is 17.5. The number of rotatable bonds is 8. The molecule has 0 N–H and O–H groups in total. The van der Waals surface area contributed by atoms with Crippen LogP contribution in [0.3, 0.4) is 0 Å². The van der Waals surface area contributed by atoms with E-state index in [0.29, 0.717) is 11.5 Å². The van der Waals surface area contributed by atoms with Crippen molar-refractivity contribution in [2.45, 2.75) is 10.8 Å². The molecular formula is C92H54N2O2S. The van der Waals surface area contributed by atoms with Crippen molar-refractivity contribution < 1.29 is 9.47 Å². The number of hydrogen-bond acceptors (Lipinski definition) is 5. The van der Waals surface area contributed by atoms with E-state index < -0.39 is 10.8 Å². The van der Waals surface area contributed by atoms with Crippen molar-refractivity contribution in [2.75, 3.05) is 0 Å². The molecule has 0 bridgehead atoms. The van der Waals surface area contributed by atoms with Crippen molar-refractivity contribution in [1.82, 2.24) is 9.97 Å². The lowest BCUT2D eigenvalue weighted by molar-refractivity contribution is 0.485. The van der Waals surface area contributed by atoms with E-state index in [9.17, 15) is 0 Å². The van der Waals surface area contributed by atoms with Crippen molar-refractivity contribution in [3.8, 4) is 111 Å². The zero-order valence-corrected chi connectivity index (χ0v) is 53.1. The molecule has 450 valence electrons. The molecule has 15 aromatic carbocycles. The Labute approximate surface area is 564 Å². The van der Waals surface area contributed by atoms with Gasteiger partial charge in [0.15, 0.2) is 0 Å². The predicted octanol–water partition coefficient (Wildman–Crippen LogP) is 24.1. The van der Waals surface area contributed by atoms with Crippen LogP contribution in [-0.2, 0) is 10.8 Å². The van der Waals surface area contributed by atoms with Crippen LogP contribution in [0.25, 0.3) is 131 Å². The summed E-state index contributed by atoms with van der Waals surface area (Å²) in [5, 5.41) is 3.93. The highest BCUT2D eigenvalue weighted by Crippen LogP contribution is 2.67. The Balaban J connectivity index is 0.871. The molecule has 0 saturated heterocycles. The third-order valence-electron chi connectivity index (χ3n) is 21.2. The van der Waals surface area contributed by atoms with Crippen LogP contribution in [0.5, 0.6) is 23.0 Å². The van der Waals surface area contributed by atoms with Gasteiger partial charge >= 0.3 is 0 Å².